The fourth-order valence-electron chi connectivity index (χ4n) is 3.66. The van der Waals surface area contributed by atoms with E-state index in [0.717, 1.165) is 41.1 Å². The molecule has 0 unspecified atom stereocenters. The predicted octanol–water partition coefficient (Wildman–Crippen LogP) is 6.04. The minimum Gasteiger partial charge on any atom is -0.462 e. The molecule has 28 heavy (non-hydrogen) atoms. The van der Waals surface area contributed by atoms with Crippen molar-refractivity contribution in [3.8, 4) is 0 Å². The quantitative estimate of drug-likeness (QED) is 0.459. The van der Waals surface area contributed by atoms with E-state index in [1.807, 2.05) is 6.92 Å². The number of thiophene rings is 1. The van der Waals surface area contributed by atoms with E-state index in [-0.39, 0.29) is 5.97 Å². The van der Waals surface area contributed by atoms with Gasteiger partial charge in [-0.3, -0.25) is 0 Å². The van der Waals surface area contributed by atoms with Gasteiger partial charge in [0.25, 0.3) is 0 Å². The molecule has 4 nitrogen and oxygen atoms in total. The number of nitrogens with one attached hydrogen (secondary N) is 2. The van der Waals surface area contributed by atoms with Gasteiger partial charge in [0.15, 0.2) is 5.11 Å². The van der Waals surface area contributed by atoms with Crippen molar-refractivity contribution >= 4 is 45.3 Å². The topological polar surface area (TPSA) is 50.4 Å². The molecule has 1 aromatic heterocycles. The van der Waals surface area contributed by atoms with Crippen LogP contribution in [0.5, 0.6) is 0 Å². The molecule has 1 aliphatic carbocycles. The van der Waals surface area contributed by atoms with Crippen LogP contribution < -0.4 is 10.6 Å². The summed E-state index contributed by atoms with van der Waals surface area (Å²) in [6.07, 6.45) is 4.22. The maximum atomic E-state index is 12.6. The van der Waals surface area contributed by atoms with Crippen LogP contribution in [-0.4, -0.2) is 17.7 Å². The monoisotopic (exact) mass is 416 g/mol. The third kappa shape index (κ3) is 4.39. The van der Waals surface area contributed by atoms with Gasteiger partial charge in [-0.15, -0.1) is 11.3 Å². The molecule has 3 rings (SSSR count). The molecular formula is C22H28N2O2S2. The van der Waals surface area contributed by atoms with Crippen molar-refractivity contribution in [3.63, 3.8) is 0 Å². The molecule has 1 aliphatic rings. The lowest BCUT2D eigenvalue weighted by Gasteiger charge is -2.18. The molecule has 2 N–H and O–H groups in total. The summed E-state index contributed by atoms with van der Waals surface area (Å²) in [7, 11) is 0. The minimum absolute atomic E-state index is 0.258. The molecular weight excluding hydrogens is 388 g/mol. The summed E-state index contributed by atoms with van der Waals surface area (Å²) >= 11 is 7.24. The van der Waals surface area contributed by atoms with Gasteiger partial charge in [-0.2, -0.15) is 0 Å². The number of para-hydroxylation sites is 1. The summed E-state index contributed by atoms with van der Waals surface area (Å²) in [6, 6.07) is 6.26. The lowest BCUT2D eigenvalue weighted by molar-refractivity contribution is 0.0526. The molecule has 0 saturated heterocycles. The third-order valence-corrected chi connectivity index (χ3v) is 6.45. The fraction of sp³-hybridized carbons (Fsp3) is 0.455. The van der Waals surface area contributed by atoms with Crippen LogP contribution in [0.15, 0.2) is 18.2 Å². The van der Waals surface area contributed by atoms with Gasteiger partial charge in [0.1, 0.15) is 5.00 Å². The summed E-state index contributed by atoms with van der Waals surface area (Å²) in [5.74, 6) is 0.125. The van der Waals surface area contributed by atoms with Crippen molar-refractivity contribution < 1.29 is 9.53 Å². The van der Waals surface area contributed by atoms with Crippen LogP contribution in [0.1, 0.15) is 71.5 Å². The molecule has 0 fully saturated rings. The first-order chi connectivity index (χ1) is 13.4. The highest BCUT2D eigenvalue weighted by Gasteiger charge is 2.27. The van der Waals surface area contributed by atoms with Crippen molar-refractivity contribution in [2.45, 2.75) is 59.3 Å². The largest absolute Gasteiger partial charge is 0.462 e. The fourth-order valence-corrected chi connectivity index (χ4v) is 5.21. The molecule has 0 aliphatic heterocycles. The molecule has 1 heterocycles. The number of anilines is 2. The number of carbonyl (C=O) groups is 1. The highest BCUT2D eigenvalue weighted by molar-refractivity contribution is 7.80. The Balaban J connectivity index is 1.87. The number of carbonyl (C=O) groups excluding carboxylic acids is 1. The molecule has 0 saturated carbocycles. The van der Waals surface area contributed by atoms with E-state index in [0.29, 0.717) is 23.2 Å². The van der Waals surface area contributed by atoms with Gasteiger partial charge < -0.3 is 15.4 Å². The summed E-state index contributed by atoms with van der Waals surface area (Å²) in [5, 5.41) is 7.94. The maximum absolute atomic E-state index is 12.6. The number of thiocarbonyl (C=S) groups is 1. The van der Waals surface area contributed by atoms with Gasteiger partial charge in [-0.05, 0) is 74.4 Å². The number of benzene rings is 1. The Morgan fingerprint density at radius 1 is 1.25 bits per heavy atom. The normalized spacial score (nSPS) is 13.2. The molecule has 0 bridgehead atoms. The lowest BCUT2D eigenvalue weighted by Crippen LogP contribution is -2.22. The maximum Gasteiger partial charge on any atom is 0.341 e. The molecule has 6 heteroatoms. The van der Waals surface area contributed by atoms with Crippen molar-refractivity contribution in [2.24, 2.45) is 0 Å². The van der Waals surface area contributed by atoms with Gasteiger partial charge >= 0.3 is 5.97 Å². The van der Waals surface area contributed by atoms with Crippen molar-refractivity contribution in [2.75, 3.05) is 17.2 Å². The number of rotatable bonds is 5. The number of ether oxygens (including phenoxy) is 1. The number of hydrogen-bond donors (Lipinski definition) is 2. The Bertz CT molecular complexity index is 887. The Hall–Kier alpha value is -1.92. The molecule has 0 amide bonds. The third-order valence-electron chi connectivity index (χ3n) is 5.04. The Kier molecular flexibility index (Phi) is 6.73. The van der Waals surface area contributed by atoms with Crippen LogP contribution in [0.25, 0.3) is 0 Å². The van der Waals surface area contributed by atoms with E-state index in [2.05, 4.69) is 49.6 Å². The average molecular weight is 417 g/mol. The van der Waals surface area contributed by atoms with E-state index in [9.17, 15) is 4.79 Å². The van der Waals surface area contributed by atoms with Crippen LogP contribution in [-0.2, 0) is 17.6 Å². The summed E-state index contributed by atoms with van der Waals surface area (Å²) in [5.41, 5.74) is 5.21. The van der Waals surface area contributed by atoms with Crippen LogP contribution in [0.4, 0.5) is 10.7 Å². The standard InChI is InChI=1S/C22H28N2O2S2/c1-5-26-21(25)18-16-10-6-7-12-17(16)28-20(18)24-22(27)23-19-14(4)9-8-11-15(19)13(2)3/h8-9,11,13H,5-7,10,12H2,1-4H3,(H2,23,24,27). The van der Waals surface area contributed by atoms with E-state index in [4.69, 9.17) is 17.0 Å². The molecule has 0 spiro atoms. The van der Waals surface area contributed by atoms with E-state index in [1.165, 1.54) is 16.9 Å². The lowest BCUT2D eigenvalue weighted by atomic mass is 9.95. The first kappa shape index (κ1) is 20.8. The molecule has 0 atom stereocenters. The van der Waals surface area contributed by atoms with Crippen molar-refractivity contribution in [3.05, 3.63) is 45.3 Å². The van der Waals surface area contributed by atoms with Gasteiger partial charge in [0.2, 0.25) is 0 Å². The molecule has 150 valence electrons. The van der Waals surface area contributed by atoms with Gasteiger partial charge in [-0.1, -0.05) is 32.0 Å². The van der Waals surface area contributed by atoms with Gasteiger partial charge in [0.05, 0.1) is 12.2 Å². The average Bonchev–Trinajstić information content (AvgIpc) is 3.01. The Labute approximate surface area is 176 Å². The van der Waals surface area contributed by atoms with Crippen LogP contribution in [0, 0.1) is 6.92 Å². The number of fused-ring (bicyclic) bond motifs is 1. The summed E-state index contributed by atoms with van der Waals surface area (Å²) in [6.45, 7) is 8.62. The first-order valence-corrected chi connectivity index (χ1v) is 11.1. The number of aryl methyl sites for hydroxylation is 2. The van der Waals surface area contributed by atoms with E-state index < -0.39 is 0 Å². The second-order valence-corrected chi connectivity index (χ2v) is 8.92. The Morgan fingerprint density at radius 3 is 2.71 bits per heavy atom. The van der Waals surface area contributed by atoms with Gasteiger partial charge in [0, 0.05) is 10.6 Å². The predicted molar refractivity (Wildman–Crippen MR) is 122 cm³/mol. The zero-order chi connectivity index (χ0) is 20.3. The Morgan fingerprint density at radius 2 is 2.00 bits per heavy atom. The van der Waals surface area contributed by atoms with E-state index >= 15 is 0 Å². The van der Waals surface area contributed by atoms with Crippen LogP contribution >= 0.6 is 23.6 Å². The minimum atomic E-state index is -0.258. The summed E-state index contributed by atoms with van der Waals surface area (Å²) in [4.78, 5) is 13.9. The number of hydrogen-bond acceptors (Lipinski definition) is 4. The molecule has 1 aromatic carbocycles. The van der Waals surface area contributed by atoms with Crippen molar-refractivity contribution in [1.29, 1.82) is 0 Å². The first-order valence-electron chi connectivity index (χ1n) is 9.91. The van der Waals surface area contributed by atoms with Gasteiger partial charge in [-0.25, -0.2) is 4.79 Å². The second kappa shape index (κ2) is 9.05. The highest BCUT2D eigenvalue weighted by atomic mass is 32.1. The SMILES string of the molecule is CCOC(=O)c1c(NC(=S)Nc2c(C)cccc2C(C)C)sc2c1CCCC2. The highest BCUT2D eigenvalue weighted by Crippen LogP contribution is 2.39. The van der Waals surface area contributed by atoms with E-state index in [1.54, 1.807) is 11.3 Å². The zero-order valence-corrected chi connectivity index (χ0v) is 18.6. The number of esters is 1. The smallest absolute Gasteiger partial charge is 0.341 e. The van der Waals surface area contributed by atoms with Crippen LogP contribution in [0.3, 0.4) is 0 Å². The molecule has 2 aromatic rings. The molecule has 0 radical (unpaired) electrons. The second-order valence-electron chi connectivity index (χ2n) is 7.41. The van der Waals surface area contributed by atoms with Crippen molar-refractivity contribution in [1.82, 2.24) is 0 Å². The summed E-state index contributed by atoms with van der Waals surface area (Å²) < 4.78 is 5.33. The van der Waals surface area contributed by atoms with Crippen LogP contribution in [0.2, 0.25) is 0 Å². The zero-order valence-electron chi connectivity index (χ0n) is 17.0.